The normalized spacial score (nSPS) is 20.3. The quantitative estimate of drug-likeness (QED) is 0.754. The second-order valence-corrected chi connectivity index (χ2v) is 5.22. The SMILES string of the molecule is Cl.NC[C@H]1CC[C@@H](C(=O)NCCOc2ccc(C(F)(F)F)cc2)O1. The van der Waals surface area contributed by atoms with Gasteiger partial charge in [0.05, 0.1) is 18.2 Å². The van der Waals surface area contributed by atoms with E-state index >= 15 is 0 Å². The maximum absolute atomic E-state index is 12.4. The molecule has 5 nitrogen and oxygen atoms in total. The average molecular weight is 369 g/mol. The Morgan fingerprint density at radius 3 is 2.50 bits per heavy atom. The van der Waals surface area contributed by atoms with E-state index in [4.69, 9.17) is 15.2 Å². The van der Waals surface area contributed by atoms with Gasteiger partial charge in [-0.3, -0.25) is 4.79 Å². The number of alkyl halides is 3. The predicted octanol–water partition coefficient (Wildman–Crippen LogP) is 2.13. The third kappa shape index (κ3) is 5.85. The number of carbonyl (C=O) groups is 1. The molecule has 1 aromatic rings. The lowest BCUT2D eigenvalue weighted by molar-refractivity contribution is -0.137. The zero-order valence-corrected chi connectivity index (χ0v) is 13.7. The van der Waals surface area contributed by atoms with Crippen LogP contribution in [0.3, 0.4) is 0 Å². The van der Waals surface area contributed by atoms with E-state index in [0.717, 1.165) is 18.6 Å². The molecule has 0 spiro atoms. The zero-order chi connectivity index (χ0) is 16.9. The lowest BCUT2D eigenvalue weighted by atomic mass is 10.2. The number of hydrogen-bond acceptors (Lipinski definition) is 4. The number of rotatable bonds is 6. The van der Waals surface area contributed by atoms with Gasteiger partial charge in [0.25, 0.3) is 0 Å². The monoisotopic (exact) mass is 368 g/mol. The number of nitrogens with one attached hydrogen (secondary N) is 1. The van der Waals surface area contributed by atoms with E-state index in [1.54, 1.807) is 0 Å². The molecule has 2 atom stereocenters. The van der Waals surface area contributed by atoms with E-state index < -0.39 is 17.8 Å². The summed E-state index contributed by atoms with van der Waals surface area (Å²) in [5.74, 6) is 0.0875. The fraction of sp³-hybridized carbons (Fsp3) is 0.533. The summed E-state index contributed by atoms with van der Waals surface area (Å²) in [7, 11) is 0. The molecular weight excluding hydrogens is 349 g/mol. The first-order valence-electron chi connectivity index (χ1n) is 7.33. The molecular formula is C15H20ClF3N2O3. The second-order valence-electron chi connectivity index (χ2n) is 5.22. The van der Waals surface area contributed by atoms with Gasteiger partial charge in [0, 0.05) is 6.54 Å². The van der Waals surface area contributed by atoms with Crippen LogP contribution in [0.2, 0.25) is 0 Å². The predicted molar refractivity (Wildman–Crippen MR) is 84.1 cm³/mol. The molecule has 1 aliphatic heterocycles. The third-order valence-electron chi connectivity index (χ3n) is 3.51. The summed E-state index contributed by atoms with van der Waals surface area (Å²) in [5.41, 5.74) is 4.74. The topological polar surface area (TPSA) is 73.6 Å². The van der Waals surface area contributed by atoms with E-state index in [9.17, 15) is 18.0 Å². The molecule has 0 radical (unpaired) electrons. The maximum atomic E-state index is 12.4. The van der Waals surface area contributed by atoms with Crippen LogP contribution < -0.4 is 15.8 Å². The maximum Gasteiger partial charge on any atom is 0.416 e. The lowest BCUT2D eigenvalue weighted by Gasteiger charge is -2.13. The highest BCUT2D eigenvalue weighted by molar-refractivity contribution is 5.85. The van der Waals surface area contributed by atoms with Gasteiger partial charge in [-0.25, -0.2) is 0 Å². The van der Waals surface area contributed by atoms with E-state index in [1.807, 2.05) is 0 Å². The van der Waals surface area contributed by atoms with Crippen LogP contribution in [0, 0.1) is 0 Å². The van der Waals surface area contributed by atoms with E-state index in [2.05, 4.69) is 5.32 Å². The Balaban J connectivity index is 0.00000288. The van der Waals surface area contributed by atoms with Gasteiger partial charge in [-0.05, 0) is 37.1 Å². The Labute approximate surface area is 144 Å². The number of ether oxygens (including phenoxy) is 2. The molecule has 0 aromatic heterocycles. The highest BCUT2D eigenvalue weighted by atomic mass is 35.5. The number of amides is 1. The van der Waals surface area contributed by atoms with Crippen molar-refractivity contribution in [2.75, 3.05) is 19.7 Å². The van der Waals surface area contributed by atoms with Gasteiger partial charge in [0.1, 0.15) is 18.5 Å². The molecule has 2 rings (SSSR count). The van der Waals surface area contributed by atoms with Crippen LogP contribution in [0.1, 0.15) is 18.4 Å². The molecule has 1 aliphatic rings. The Morgan fingerprint density at radius 2 is 1.96 bits per heavy atom. The van der Waals surface area contributed by atoms with Crippen LogP contribution in [0.5, 0.6) is 5.75 Å². The van der Waals surface area contributed by atoms with Crippen molar-refractivity contribution in [1.82, 2.24) is 5.32 Å². The fourth-order valence-corrected chi connectivity index (χ4v) is 2.27. The van der Waals surface area contributed by atoms with Crippen LogP contribution in [-0.4, -0.2) is 37.8 Å². The molecule has 1 heterocycles. The molecule has 0 unspecified atom stereocenters. The van der Waals surface area contributed by atoms with Gasteiger partial charge in [-0.2, -0.15) is 13.2 Å². The standard InChI is InChI=1S/C15H19F3N2O3.ClH/c16-15(17,18)10-1-3-11(4-2-10)22-8-7-20-14(21)13-6-5-12(9-19)23-13;/h1-4,12-13H,5-9,19H2,(H,20,21);1H/t12-,13+;/m1./s1. The Morgan fingerprint density at radius 1 is 1.29 bits per heavy atom. The molecule has 136 valence electrons. The van der Waals surface area contributed by atoms with E-state index in [0.29, 0.717) is 18.7 Å². The summed E-state index contributed by atoms with van der Waals surface area (Å²) in [4.78, 5) is 11.8. The van der Waals surface area contributed by atoms with Crippen LogP contribution >= 0.6 is 12.4 Å². The Kier molecular flexibility index (Phi) is 7.78. The van der Waals surface area contributed by atoms with Crippen molar-refractivity contribution in [3.63, 3.8) is 0 Å². The minimum Gasteiger partial charge on any atom is -0.492 e. The first-order chi connectivity index (χ1) is 10.9. The molecule has 9 heteroatoms. The van der Waals surface area contributed by atoms with Crippen LogP contribution in [0.15, 0.2) is 24.3 Å². The van der Waals surface area contributed by atoms with Gasteiger partial charge in [-0.1, -0.05) is 0 Å². The Bertz CT molecular complexity index is 526. The minimum atomic E-state index is -4.37. The van der Waals surface area contributed by atoms with Crippen molar-refractivity contribution < 1.29 is 27.4 Å². The van der Waals surface area contributed by atoms with Crippen LogP contribution in [0.4, 0.5) is 13.2 Å². The van der Waals surface area contributed by atoms with Crippen molar-refractivity contribution in [1.29, 1.82) is 0 Å². The highest BCUT2D eigenvalue weighted by Crippen LogP contribution is 2.30. The summed E-state index contributed by atoms with van der Waals surface area (Å²) < 4.78 is 48.0. The summed E-state index contributed by atoms with van der Waals surface area (Å²) in [6.45, 7) is 0.790. The average Bonchev–Trinajstić information content (AvgIpc) is 3.00. The number of halogens is 4. The van der Waals surface area contributed by atoms with Crippen molar-refractivity contribution in [3.8, 4) is 5.75 Å². The van der Waals surface area contributed by atoms with Gasteiger partial charge in [0.2, 0.25) is 5.91 Å². The van der Waals surface area contributed by atoms with Crippen LogP contribution in [0.25, 0.3) is 0 Å². The molecule has 1 saturated heterocycles. The molecule has 1 fully saturated rings. The smallest absolute Gasteiger partial charge is 0.416 e. The summed E-state index contributed by atoms with van der Waals surface area (Å²) >= 11 is 0. The number of nitrogens with two attached hydrogens (primary N) is 1. The van der Waals surface area contributed by atoms with Crippen molar-refractivity contribution in [2.24, 2.45) is 5.73 Å². The molecule has 3 N–H and O–H groups in total. The van der Waals surface area contributed by atoms with E-state index in [1.165, 1.54) is 12.1 Å². The largest absolute Gasteiger partial charge is 0.492 e. The van der Waals surface area contributed by atoms with Crippen molar-refractivity contribution in [2.45, 2.75) is 31.2 Å². The number of hydrogen-bond donors (Lipinski definition) is 2. The molecule has 0 bridgehead atoms. The number of benzene rings is 1. The molecule has 24 heavy (non-hydrogen) atoms. The fourth-order valence-electron chi connectivity index (χ4n) is 2.27. The first-order valence-corrected chi connectivity index (χ1v) is 7.33. The summed E-state index contributed by atoms with van der Waals surface area (Å²) in [6.07, 6.45) is -3.54. The lowest BCUT2D eigenvalue weighted by Crippen LogP contribution is -2.37. The number of carbonyl (C=O) groups excluding carboxylic acids is 1. The second kappa shape index (κ2) is 9.10. The minimum absolute atomic E-state index is 0. The molecule has 1 amide bonds. The van der Waals surface area contributed by atoms with Gasteiger partial charge >= 0.3 is 6.18 Å². The van der Waals surface area contributed by atoms with E-state index in [-0.39, 0.29) is 37.6 Å². The third-order valence-corrected chi connectivity index (χ3v) is 3.51. The molecule has 1 aromatic carbocycles. The first kappa shape index (κ1) is 20.5. The van der Waals surface area contributed by atoms with Crippen molar-refractivity contribution >= 4 is 18.3 Å². The summed E-state index contributed by atoms with van der Waals surface area (Å²) in [5, 5.41) is 2.67. The van der Waals surface area contributed by atoms with Gasteiger partial charge in [0.15, 0.2) is 0 Å². The molecule has 0 saturated carbocycles. The zero-order valence-electron chi connectivity index (χ0n) is 12.8. The van der Waals surface area contributed by atoms with Gasteiger partial charge in [-0.15, -0.1) is 12.4 Å². The Hall–Kier alpha value is -1.51. The van der Waals surface area contributed by atoms with Gasteiger partial charge < -0.3 is 20.5 Å². The highest BCUT2D eigenvalue weighted by Gasteiger charge is 2.30. The van der Waals surface area contributed by atoms with Crippen LogP contribution in [-0.2, 0) is 15.7 Å². The molecule has 0 aliphatic carbocycles. The van der Waals surface area contributed by atoms with Crippen molar-refractivity contribution in [3.05, 3.63) is 29.8 Å². The summed E-state index contributed by atoms with van der Waals surface area (Å²) in [6, 6.07) is 4.40.